The number of hydroxylamine groups is 1. The van der Waals surface area contributed by atoms with Crippen LogP contribution in [0.2, 0.25) is 0 Å². The van der Waals surface area contributed by atoms with E-state index < -0.39 is 12.2 Å². The number of aliphatic hydroxyl groups excluding tert-OH is 1. The molecule has 1 fully saturated rings. The van der Waals surface area contributed by atoms with Crippen LogP contribution in [0, 0.1) is 0 Å². The number of amides is 2. The molecule has 4 N–H and O–H groups in total. The van der Waals surface area contributed by atoms with E-state index >= 15 is 0 Å². The second-order valence-electron chi connectivity index (χ2n) is 11.0. The Labute approximate surface area is 271 Å². The van der Waals surface area contributed by atoms with Crippen LogP contribution in [-0.2, 0) is 25.7 Å². The summed E-state index contributed by atoms with van der Waals surface area (Å²) in [5.41, 5.74) is 5.83. The van der Waals surface area contributed by atoms with Gasteiger partial charge in [-0.2, -0.15) is 4.68 Å². The Kier molecular flexibility index (Phi) is 12.3. The van der Waals surface area contributed by atoms with Crippen LogP contribution in [0.1, 0.15) is 74.0 Å². The number of para-hydroxylation sites is 1. The van der Waals surface area contributed by atoms with Crippen molar-refractivity contribution >= 4 is 29.3 Å². The molecule has 242 valence electrons. The smallest absolute Gasteiger partial charge is 0.243 e. The van der Waals surface area contributed by atoms with Crippen LogP contribution in [0.5, 0.6) is 0 Å². The molecule has 0 bridgehead atoms. The zero-order chi connectivity index (χ0) is 32.1. The second kappa shape index (κ2) is 17.0. The van der Waals surface area contributed by atoms with Gasteiger partial charge in [0.15, 0.2) is 6.29 Å². The monoisotopic (exact) mass is 646 g/mol. The van der Waals surface area contributed by atoms with Gasteiger partial charge in [-0.05, 0) is 58.7 Å². The summed E-state index contributed by atoms with van der Waals surface area (Å²) in [7, 11) is 0. The van der Waals surface area contributed by atoms with Crippen LogP contribution in [0.25, 0.3) is 5.69 Å². The molecule has 1 aromatic heterocycles. The van der Waals surface area contributed by atoms with Crippen molar-refractivity contribution < 1.29 is 29.4 Å². The Hall–Kier alpha value is -4.14. The maximum absolute atomic E-state index is 12.5. The number of aromatic nitrogens is 4. The first kappa shape index (κ1) is 33.2. The van der Waals surface area contributed by atoms with Crippen molar-refractivity contribution in [2.45, 2.75) is 75.2 Å². The van der Waals surface area contributed by atoms with Gasteiger partial charge in [0.2, 0.25) is 17.0 Å². The predicted molar refractivity (Wildman–Crippen MR) is 171 cm³/mol. The zero-order valence-corrected chi connectivity index (χ0v) is 26.1. The number of nitrogens with one attached hydrogen (secondary N) is 2. The molecule has 3 aromatic carbocycles. The number of thioether (sulfide) groups is 1. The van der Waals surface area contributed by atoms with Crippen LogP contribution < -0.4 is 10.8 Å². The van der Waals surface area contributed by atoms with Crippen molar-refractivity contribution in [2.24, 2.45) is 0 Å². The first-order valence-corrected chi connectivity index (χ1v) is 16.3. The Morgan fingerprint density at radius 3 is 2.26 bits per heavy atom. The molecule has 2 amide bonds. The van der Waals surface area contributed by atoms with Gasteiger partial charge in [0.05, 0.1) is 24.5 Å². The molecule has 3 atom stereocenters. The molecule has 1 aliphatic heterocycles. The van der Waals surface area contributed by atoms with Gasteiger partial charge in [-0.25, -0.2) is 5.48 Å². The Bertz CT molecular complexity index is 1540. The van der Waals surface area contributed by atoms with Crippen molar-refractivity contribution in [2.75, 3.05) is 11.1 Å². The number of aliphatic hydroxyl groups is 1. The Morgan fingerprint density at radius 2 is 1.57 bits per heavy atom. The molecule has 13 heteroatoms. The number of carbonyl (C=O) groups excluding carboxylic acids is 2. The van der Waals surface area contributed by atoms with Crippen LogP contribution in [0.3, 0.4) is 0 Å². The van der Waals surface area contributed by atoms with Gasteiger partial charge in [-0.3, -0.25) is 14.8 Å². The first-order valence-electron chi connectivity index (χ1n) is 15.3. The third-order valence-corrected chi connectivity index (χ3v) is 8.66. The third-order valence-electron chi connectivity index (χ3n) is 7.60. The molecular formula is C33H38N6O6S. The quantitative estimate of drug-likeness (QED) is 0.0579. The third kappa shape index (κ3) is 9.44. The molecule has 0 saturated carbocycles. The van der Waals surface area contributed by atoms with E-state index in [4.69, 9.17) is 14.7 Å². The van der Waals surface area contributed by atoms with Crippen molar-refractivity contribution in [3.8, 4) is 5.69 Å². The average Bonchev–Trinajstić information content (AvgIpc) is 3.58. The number of hydrogen-bond acceptors (Lipinski definition) is 10. The number of anilines is 1. The lowest BCUT2D eigenvalue weighted by atomic mass is 10.0. The summed E-state index contributed by atoms with van der Waals surface area (Å²) in [5.74, 6) is 0.127. The van der Waals surface area contributed by atoms with E-state index in [9.17, 15) is 14.7 Å². The number of benzene rings is 3. The topological polar surface area (TPSA) is 161 Å². The summed E-state index contributed by atoms with van der Waals surface area (Å²) in [4.78, 5) is 23.5. The average molecular weight is 647 g/mol. The van der Waals surface area contributed by atoms with Gasteiger partial charge in [-0.1, -0.05) is 79.2 Å². The van der Waals surface area contributed by atoms with Gasteiger partial charge < -0.3 is 19.9 Å². The number of tetrazole rings is 1. The molecule has 1 aliphatic rings. The summed E-state index contributed by atoms with van der Waals surface area (Å²) < 4.78 is 14.6. The number of rotatable bonds is 15. The highest BCUT2D eigenvalue weighted by atomic mass is 32.2. The zero-order valence-electron chi connectivity index (χ0n) is 25.3. The van der Waals surface area contributed by atoms with E-state index in [-0.39, 0.29) is 31.1 Å². The minimum Gasteiger partial charge on any atom is -0.392 e. The fourth-order valence-corrected chi connectivity index (χ4v) is 6.03. The van der Waals surface area contributed by atoms with E-state index in [0.717, 1.165) is 35.2 Å². The fourth-order valence-electron chi connectivity index (χ4n) is 5.12. The Morgan fingerprint density at radius 1 is 0.870 bits per heavy atom. The SMILES string of the molecule is O=C(CCCCCCC(=O)Nc1ccc([C@@H]2O[C@H](CSc3nnnn3-c3ccccc3)C[C@H](c3ccc(CO)cc3)O2)cc1)NO. The van der Waals surface area contributed by atoms with Crippen LogP contribution in [-0.4, -0.2) is 54.2 Å². The van der Waals surface area contributed by atoms with Crippen LogP contribution >= 0.6 is 11.8 Å². The van der Waals surface area contributed by atoms with Crippen LogP contribution in [0.15, 0.2) is 84.0 Å². The summed E-state index contributed by atoms with van der Waals surface area (Å²) in [6.07, 6.45) is 3.25. The molecule has 2 heterocycles. The molecule has 0 spiro atoms. The van der Waals surface area contributed by atoms with E-state index in [1.165, 1.54) is 11.8 Å². The van der Waals surface area contributed by atoms with Crippen molar-refractivity contribution in [3.63, 3.8) is 0 Å². The first-order chi connectivity index (χ1) is 22.5. The standard InChI is InChI=1S/C33H38N6O6S/c40-21-23-12-14-24(15-13-23)29-20-28(22-46-33-35-37-38-39(33)27-8-4-3-5-9-27)44-32(45-29)25-16-18-26(19-17-25)34-30(41)10-6-1-2-7-11-31(42)36-43/h3-5,8-9,12-19,28-29,32,40,43H,1-2,6-7,10-11,20-22H2,(H,34,41)(H,36,42)/t28-,29+,32+/m0/s1. The maximum atomic E-state index is 12.5. The van der Waals surface area contributed by atoms with Crippen molar-refractivity contribution in [3.05, 3.63) is 95.6 Å². The highest BCUT2D eigenvalue weighted by molar-refractivity contribution is 7.99. The fraction of sp³-hybridized carbons (Fsp3) is 0.364. The summed E-state index contributed by atoms with van der Waals surface area (Å²) in [6, 6.07) is 24.9. The lowest BCUT2D eigenvalue weighted by Gasteiger charge is -2.36. The molecule has 1 saturated heterocycles. The van der Waals surface area contributed by atoms with Crippen molar-refractivity contribution in [1.29, 1.82) is 0 Å². The molecular weight excluding hydrogens is 608 g/mol. The molecule has 5 rings (SSSR count). The highest BCUT2D eigenvalue weighted by Gasteiger charge is 2.32. The van der Waals surface area contributed by atoms with Gasteiger partial charge in [-0.15, -0.1) is 5.10 Å². The largest absolute Gasteiger partial charge is 0.392 e. The van der Waals surface area contributed by atoms with Gasteiger partial charge in [0.25, 0.3) is 0 Å². The lowest BCUT2D eigenvalue weighted by Crippen LogP contribution is -2.31. The number of nitrogens with zero attached hydrogens (tertiary/aromatic N) is 4. The van der Waals surface area contributed by atoms with Gasteiger partial charge in [0.1, 0.15) is 0 Å². The molecule has 4 aromatic rings. The molecule has 0 radical (unpaired) electrons. The summed E-state index contributed by atoms with van der Waals surface area (Å²) >= 11 is 1.52. The number of unbranched alkanes of at least 4 members (excludes halogenated alkanes) is 3. The van der Waals surface area contributed by atoms with E-state index in [1.807, 2.05) is 78.9 Å². The molecule has 12 nitrogen and oxygen atoms in total. The minimum absolute atomic E-state index is 0.0265. The van der Waals surface area contributed by atoms with E-state index in [2.05, 4.69) is 20.8 Å². The summed E-state index contributed by atoms with van der Waals surface area (Å²) in [5, 5.41) is 33.9. The van der Waals surface area contributed by atoms with E-state index in [0.29, 0.717) is 42.3 Å². The van der Waals surface area contributed by atoms with E-state index in [1.54, 1.807) is 10.2 Å². The maximum Gasteiger partial charge on any atom is 0.243 e. The highest BCUT2D eigenvalue weighted by Crippen LogP contribution is 2.39. The number of carbonyl (C=O) groups is 2. The normalized spacial score (nSPS) is 17.8. The second-order valence-corrected chi connectivity index (χ2v) is 12.0. The number of hydrogen-bond donors (Lipinski definition) is 4. The predicted octanol–water partition coefficient (Wildman–Crippen LogP) is 5.28. The summed E-state index contributed by atoms with van der Waals surface area (Å²) in [6.45, 7) is -0.0265. The molecule has 0 aliphatic carbocycles. The Balaban J connectivity index is 1.20. The molecule has 0 unspecified atom stereocenters. The minimum atomic E-state index is -0.635. The van der Waals surface area contributed by atoms with Crippen LogP contribution in [0.4, 0.5) is 5.69 Å². The van der Waals surface area contributed by atoms with Gasteiger partial charge in [0, 0.05) is 36.3 Å². The lowest BCUT2D eigenvalue weighted by molar-refractivity contribution is -0.245. The van der Waals surface area contributed by atoms with Gasteiger partial charge >= 0.3 is 0 Å². The molecule has 46 heavy (non-hydrogen) atoms. The number of ether oxygens (including phenoxy) is 2. The van der Waals surface area contributed by atoms with Crippen molar-refractivity contribution in [1.82, 2.24) is 25.7 Å².